The van der Waals surface area contributed by atoms with Gasteiger partial charge in [-0.25, -0.2) is 0 Å². The van der Waals surface area contributed by atoms with Gasteiger partial charge in [0.1, 0.15) is 12.2 Å². The van der Waals surface area contributed by atoms with E-state index in [-0.39, 0.29) is 0 Å². The number of nitrogens with one attached hydrogen (secondary N) is 1. The molecule has 0 aromatic carbocycles. The molecule has 1 aromatic rings. The number of aromatic nitrogens is 3. The Labute approximate surface area is 110 Å². The summed E-state index contributed by atoms with van der Waals surface area (Å²) >= 11 is 0. The van der Waals surface area contributed by atoms with Crippen molar-refractivity contribution in [1.29, 1.82) is 0 Å². The van der Waals surface area contributed by atoms with Gasteiger partial charge in [0, 0.05) is 32.1 Å². The third-order valence-electron chi connectivity index (χ3n) is 3.85. The van der Waals surface area contributed by atoms with E-state index in [1.807, 2.05) is 11.6 Å². The molecule has 102 valence electrons. The van der Waals surface area contributed by atoms with Crippen LogP contribution in [0.5, 0.6) is 0 Å². The number of aryl methyl sites for hydroxylation is 1. The van der Waals surface area contributed by atoms with Crippen molar-refractivity contribution >= 4 is 0 Å². The monoisotopic (exact) mass is 251 g/mol. The summed E-state index contributed by atoms with van der Waals surface area (Å²) in [6.45, 7) is 8.00. The number of hydrogen-bond acceptors (Lipinski definition) is 4. The van der Waals surface area contributed by atoms with Gasteiger partial charge in [0.05, 0.1) is 0 Å². The van der Waals surface area contributed by atoms with Crippen LogP contribution in [-0.2, 0) is 13.5 Å². The Hall–Kier alpha value is -0.940. The molecule has 18 heavy (non-hydrogen) atoms. The van der Waals surface area contributed by atoms with E-state index in [0.717, 1.165) is 18.8 Å². The van der Waals surface area contributed by atoms with Crippen molar-refractivity contribution in [1.82, 2.24) is 25.0 Å². The maximum atomic E-state index is 4.10. The van der Waals surface area contributed by atoms with Gasteiger partial charge in [-0.3, -0.25) is 0 Å². The maximum absolute atomic E-state index is 4.10. The predicted octanol–water partition coefficient (Wildman–Crippen LogP) is 0.820. The van der Waals surface area contributed by atoms with Crippen molar-refractivity contribution in [2.24, 2.45) is 7.05 Å². The molecule has 2 heterocycles. The van der Waals surface area contributed by atoms with E-state index in [4.69, 9.17) is 0 Å². The van der Waals surface area contributed by atoms with Crippen LogP contribution in [0, 0.1) is 0 Å². The standard InChI is InChI=1S/C13H25N5/c1-11(2)18-8-5-12(6-9-18)14-7-4-13-16-15-10-17(13)3/h10-12,14H,4-9H2,1-3H3. The second kappa shape index (κ2) is 6.29. The molecule has 1 fully saturated rings. The lowest BCUT2D eigenvalue weighted by Crippen LogP contribution is -2.45. The Bertz CT molecular complexity index is 352. The molecule has 1 saturated heterocycles. The van der Waals surface area contributed by atoms with Crippen molar-refractivity contribution < 1.29 is 0 Å². The zero-order valence-corrected chi connectivity index (χ0v) is 11.8. The summed E-state index contributed by atoms with van der Waals surface area (Å²) in [5.41, 5.74) is 0. The molecule has 0 radical (unpaired) electrons. The molecule has 0 bridgehead atoms. The summed E-state index contributed by atoms with van der Waals surface area (Å²) in [7, 11) is 2.00. The lowest BCUT2D eigenvalue weighted by atomic mass is 10.0. The zero-order valence-electron chi connectivity index (χ0n) is 11.8. The van der Waals surface area contributed by atoms with E-state index in [2.05, 4.69) is 34.3 Å². The SMILES string of the molecule is CC(C)N1CCC(NCCc2nncn2C)CC1. The quantitative estimate of drug-likeness (QED) is 0.841. The van der Waals surface area contributed by atoms with Gasteiger partial charge in [0.15, 0.2) is 0 Å². The number of hydrogen-bond donors (Lipinski definition) is 1. The minimum Gasteiger partial charge on any atom is -0.321 e. The predicted molar refractivity (Wildman–Crippen MR) is 72.4 cm³/mol. The van der Waals surface area contributed by atoms with E-state index in [1.54, 1.807) is 6.33 Å². The number of rotatable bonds is 5. The van der Waals surface area contributed by atoms with Crippen molar-refractivity contribution in [3.05, 3.63) is 12.2 Å². The van der Waals surface area contributed by atoms with Gasteiger partial charge in [-0.15, -0.1) is 10.2 Å². The van der Waals surface area contributed by atoms with Gasteiger partial charge in [-0.2, -0.15) is 0 Å². The number of piperidine rings is 1. The molecule has 1 aliphatic rings. The first kappa shape index (κ1) is 13.5. The van der Waals surface area contributed by atoms with Crippen molar-refractivity contribution in [2.75, 3.05) is 19.6 Å². The normalized spacial score (nSPS) is 18.7. The topological polar surface area (TPSA) is 46.0 Å². The van der Waals surface area contributed by atoms with E-state index < -0.39 is 0 Å². The molecule has 0 saturated carbocycles. The van der Waals surface area contributed by atoms with Gasteiger partial charge < -0.3 is 14.8 Å². The van der Waals surface area contributed by atoms with Crippen LogP contribution in [0.4, 0.5) is 0 Å². The molecule has 1 aromatic heterocycles. The van der Waals surface area contributed by atoms with Crippen LogP contribution in [0.1, 0.15) is 32.5 Å². The molecule has 0 spiro atoms. The van der Waals surface area contributed by atoms with Gasteiger partial charge in [-0.1, -0.05) is 0 Å². The average Bonchev–Trinajstić information content (AvgIpc) is 2.76. The molecule has 0 amide bonds. The second-order valence-corrected chi connectivity index (χ2v) is 5.47. The molecule has 0 unspecified atom stereocenters. The van der Waals surface area contributed by atoms with Crippen molar-refractivity contribution in [3.8, 4) is 0 Å². The Balaban J connectivity index is 1.65. The largest absolute Gasteiger partial charge is 0.321 e. The number of likely N-dealkylation sites (tertiary alicyclic amines) is 1. The summed E-state index contributed by atoms with van der Waals surface area (Å²) in [5.74, 6) is 1.06. The molecule has 2 rings (SSSR count). The highest BCUT2D eigenvalue weighted by atomic mass is 15.2. The average molecular weight is 251 g/mol. The minimum absolute atomic E-state index is 0.674. The van der Waals surface area contributed by atoms with Gasteiger partial charge in [0.2, 0.25) is 0 Å². The molecule has 5 heteroatoms. The lowest BCUT2D eigenvalue weighted by molar-refractivity contribution is 0.161. The fraction of sp³-hybridized carbons (Fsp3) is 0.846. The first-order valence-corrected chi connectivity index (χ1v) is 6.97. The molecule has 5 nitrogen and oxygen atoms in total. The van der Waals surface area contributed by atoms with Crippen molar-refractivity contribution in [2.45, 2.75) is 45.2 Å². The highest BCUT2D eigenvalue weighted by molar-refractivity contribution is 4.86. The van der Waals surface area contributed by atoms with Crippen LogP contribution in [0.15, 0.2) is 6.33 Å². The number of nitrogens with zero attached hydrogens (tertiary/aromatic N) is 4. The van der Waals surface area contributed by atoms with Crippen LogP contribution in [0.2, 0.25) is 0 Å². The van der Waals surface area contributed by atoms with E-state index in [9.17, 15) is 0 Å². The first-order valence-electron chi connectivity index (χ1n) is 6.97. The molecule has 0 atom stereocenters. The van der Waals surface area contributed by atoms with E-state index in [1.165, 1.54) is 25.9 Å². The molecule has 1 aliphatic heterocycles. The van der Waals surface area contributed by atoms with Gasteiger partial charge in [0.25, 0.3) is 0 Å². The summed E-state index contributed by atoms with van der Waals surface area (Å²) in [6, 6.07) is 1.36. The third kappa shape index (κ3) is 3.53. The van der Waals surface area contributed by atoms with E-state index in [0.29, 0.717) is 12.1 Å². The fourth-order valence-corrected chi connectivity index (χ4v) is 2.54. The Morgan fingerprint density at radius 2 is 2.11 bits per heavy atom. The Morgan fingerprint density at radius 1 is 1.39 bits per heavy atom. The summed E-state index contributed by atoms with van der Waals surface area (Å²) in [6.07, 6.45) is 5.24. The van der Waals surface area contributed by atoms with Crippen LogP contribution < -0.4 is 5.32 Å². The fourth-order valence-electron chi connectivity index (χ4n) is 2.54. The van der Waals surface area contributed by atoms with Crippen LogP contribution in [-0.4, -0.2) is 51.4 Å². The Kier molecular flexibility index (Phi) is 4.72. The smallest absolute Gasteiger partial charge is 0.133 e. The lowest BCUT2D eigenvalue weighted by Gasteiger charge is -2.35. The third-order valence-corrected chi connectivity index (χ3v) is 3.85. The highest BCUT2D eigenvalue weighted by Crippen LogP contribution is 2.12. The van der Waals surface area contributed by atoms with E-state index >= 15 is 0 Å². The summed E-state index contributed by atoms with van der Waals surface area (Å²) in [5, 5.41) is 11.6. The van der Waals surface area contributed by atoms with Crippen LogP contribution in [0.25, 0.3) is 0 Å². The molecular weight excluding hydrogens is 226 g/mol. The minimum atomic E-state index is 0.674. The molecular formula is C13H25N5. The summed E-state index contributed by atoms with van der Waals surface area (Å²) in [4.78, 5) is 2.56. The zero-order chi connectivity index (χ0) is 13.0. The highest BCUT2D eigenvalue weighted by Gasteiger charge is 2.20. The molecule has 0 aliphatic carbocycles. The Morgan fingerprint density at radius 3 is 2.67 bits per heavy atom. The van der Waals surface area contributed by atoms with Crippen LogP contribution >= 0.6 is 0 Å². The summed E-state index contributed by atoms with van der Waals surface area (Å²) < 4.78 is 1.99. The first-order chi connectivity index (χ1) is 8.66. The van der Waals surface area contributed by atoms with Gasteiger partial charge in [-0.05, 0) is 39.8 Å². The maximum Gasteiger partial charge on any atom is 0.133 e. The van der Waals surface area contributed by atoms with Gasteiger partial charge >= 0.3 is 0 Å². The van der Waals surface area contributed by atoms with Crippen LogP contribution in [0.3, 0.4) is 0 Å². The second-order valence-electron chi connectivity index (χ2n) is 5.47. The van der Waals surface area contributed by atoms with Crippen molar-refractivity contribution in [3.63, 3.8) is 0 Å². The molecule has 1 N–H and O–H groups in total.